The Morgan fingerprint density at radius 3 is 1.88 bits per heavy atom. The van der Waals surface area contributed by atoms with Crippen LogP contribution >= 0.6 is 0 Å². The lowest BCUT2D eigenvalue weighted by atomic mass is 10.8. The van der Waals surface area contributed by atoms with Crippen LogP contribution in [0.15, 0.2) is 10.2 Å². The van der Waals surface area contributed by atoms with E-state index in [1.54, 1.807) is 6.92 Å². The van der Waals surface area contributed by atoms with Gasteiger partial charge in [0.15, 0.2) is 6.54 Å². The van der Waals surface area contributed by atoms with Gasteiger partial charge < -0.3 is 0 Å². The highest BCUT2D eigenvalue weighted by molar-refractivity contribution is 5.22. The quantitative estimate of drug-likeness (QED) is 0.324. The molecule has 0 amide bonds. The summed E-state index contributed by atoms with van der Waals surface area (Å²) in [6, 6.07) is 0. The second-order valence-electron chi connectivity index (χ2n) is 1.29. The topological polar surface area (TPSA) is 45.0 Å². The monoisotopic (exact) mass is 116 g/mol. The van der Waals surface area contributed by atoms with Crippen LogP contribution in [0.3, 0.4) is 0 Å². The smallest absolute Gasteiger partial charge is 0.159 e. The molecule has 0 aliphatic carbocycles. The molecule has 0 aliphatic rings. The van der Waals surface area contributed by atoms with E-state index in [0.717, 1.165) is 0 Å². The van der Waals surface area contributed by atoms with Gasteiger partial charge in [-0.15, -0.1) is 0 Å². The van der Waals surface area contributed by atoms with Crippen molar-refractivity contribution in [3.8, 4) is 0 Å². The normalized spacial score (nSPS) is 10.8. The average molecular weight is 116 g/mol. The fourth-order valence-corrected chi connectivity index (χ4v) is 0.245. The Morgan fingerprint density at radius 1 is 1.50 bits per heavy atom. The first-order valence-electron chi connectivity index (χ1n) is 2.26. The molecular weight excluding hydrogens is 106 g/mol. The van der Waals surface area contributed by atoms with Crippen molar-refractivity contribution in [3.63, 3.8) is 0 Å². The molecule has 0 aromatic heterocycles. The molecular formula is C4H10N3O+. The summed E-state index contributed by atoms with van der Waals surface area (Å²) in [6.45, 7) is 8.31. The van der Waals surface area contributed by atoms with Gasteiger partial charge in [-0.05, 0) is 17.1 Å². The summed E-state index contributed by atoms with van der Waals surface area (Å²) < 4.78 is 0. The van der Waals surface area contributed by atoms with Gasteiger partial charge in [0, 0.05) is 0 Å². The van der Waals surface area contributed by atoms with Gasteiger partial charge in [-0.3, -0.25) is 0 Å². The van der Waals surface area contributed by atoms with Gasteiger partial charge >= 0.3 is 0 Å². The lowest BCUT2D eigenvalue weighted by Crippen LogP contribution is -2.31. The van der Waals surface area contributed by atoms with E-state index >= 15 is 0 Å². The van der Waals surface area contributed by atoms with E-state index in [1.165, 1.54) is 0 Å². The van der Waals surface area contributed by atoms with Crippen molar-refractivity contribution in [3.05, 3.63) is 0 Å². The maximum Gasteiger partial charge on any atom is 0.161 e. The molecule has 0 rings (SSSR count). The third kappa shape index (κ3) is 1.40. The molecule has 0 aromatic rings. The average Bonchev–Trinajstić information content (AvgIpc) is 1.87. The van der Waals surface area contributed by atoms with Crippen LogP contribution in [0.25, 0.3) is 0 Å². The van der Waals surface area contributed by atoms with E-state index < -0.39 is 4.86 Å². The van der Waals surface area contributed by atoms with E-state index in [4.69, 9.17) is 5.21 Å². The molecule has 1 N–H and O–H groups in total. The van der Waals surface area contributed by atoms with Crippen LogP contribution in [0.5, 0.6) is 0 Å². The summed E-state index contributed by atoms with van der Waals surface area (Å²) in [6.07, 6.45) is 0. The van der Waals surface area contributed by atoms with Gasteiger partial charge in [0.05, 0.1) is 18.3 Å². The zero-order valence-corrected chi connectivity index (χ0v) is 4.91. The lowest BCUT2D eigenvalue weighted by molar-refractivity contribution is -1.11. The van der Waals surface area contributed by atoms with E-state index in [0.29, 0.717) is 6.54 Å². The molecule has 0 heterocycles. The highest BCUT2D eigenvalue weighted by atomic mass is 16.6. The minimum atomic E-state index is -0.764. The summed E-state index contributed by atoms with van der Waals surface area (Å²) in [4.78, 5) is -0.764. The van der Waals surface area contributed by atoms with Crippen molar-refractivity contribution in [2.45, 2.75) is 6.92 Å². The molecule has 4 nitrogen and oxygen atoms in total. The number of quaternary nitrogens is 1. The van der Waals surface area contributed by atoms with Crippen molar-refractivity contribution in [1.29, 1.82) is 0 Å². The second kappa shape index (κ2) is 2.54. The first-order chi connectivity index (χ1) is 3.68. The Morgan fingerprint density at radius 2 is 1.88 bits per heavy atom. The van der Waals surface area contributed by atoms with Crippen LogP contribution in [0, 0.1) is 0 Å². The summed E-state index contributed by atoms with van der Waals surface area (Å²) in [5, 5.41) is 15.5. The number of rotatable bonds is 3. The summed E-state index contributed by atoms with van der Waals surface area (Å²) in [7, 11) is 0. The van der Waals surface area contributed by atoms with Crippen molar-refractivity contribution >= 4 is 13.4 Å². The van der Waals surface area contributed by atoms with Gasteiger partial charge in [0.2, 0.25) is 0 Å². The lowest BCUT2D eigenvalue weighted by Gasteiger charge is -2.10. The van der Waals surface area contributed by atoms with Crippen LogP contribution in [0.2, 0.25) is 0 Å². The zero-order chi connectivity index (χ0) is 6.62. The maximum absolute atomic E-state index is 8.92. The highest BCUT2D eigenvalue weighted by Crippen LogP contribution is 1.98. The molecule has 0 saturated carbocycles. The van der Waals surface area contributed by atoms with Gasteiger partial charge in [-0.1, -0.05) is 0 Å². The molecule has 46 valence electrons. The number of nitrogens with zero attached hydrogens (tertiary/aromatic N) is 3. The van der Waals surface area contributed by atoms with Crippen molar-refractivity contribution in [1.82, 2.24) is 0 Å². The van der Waals surface area contributed by atoms with Crippen molar-refractivity contribution in [2.24, 2.45) is 10.2 Å². The molecule has 0 aliphatic heterocycles. The van der Waals surface area contributed by atoms with E-state index in [2.05, 4.69) is 23.6 Å². The molecule has 0 fully saturated rings. The van der Waals surface area contributed by atoms with Crippen LogP contribution in [0.4, 0.5) is 0 Å². The SMILES string of the molecule is C=N[N+](O)(CC)N=C. The molecule has 0 atom stereocenters. The molecule has 8 heavy (non-hydrogen) atoms. The number of hydroxylamine groups is 1. The largest absolute Gasteiger partial charge is 0.161 e. The van der Waals surface area contributed by atoms with Gasteiger partial charge in [0.1, 0.15) is 0 Å². The zero-order valence-electron chi connectivity index (χ0n) is 4.91. The first-order valence-corrected chi connectivity index (χ1v) is 2.26. The van der Waals surface area contributed by atoms with E-state index in [1.807, 2.05) is 0 Å². The fraction of sp³-hybridized carbons (Fsp3) is 0.500. The van der Waals surface area contributed by atoms with Gasteiger partial charge in [-0.25, -0.2) is 0 Å². The highest BCUT2D eigenvalue weighted by Gasteiger charge is 2.16. The third-order valence-electron chi connectivity index (χ3n) is 0.877. The molecule has 0 saturated heterocycles. The minimum absolute atomic E-state index is 0.354. The Bertz CT molecular complexity index is 93.5. The second-order valence-corrected chi connectivity index (χ2v) is 1.29. The fourth-order valence-electron chi connectivity index (χ4n) is 0.245. The minimum Gasteiger partial charge on any atom is -0.159 e. The predicted molar refractivity (Wildman–Crippen MR) is 31.7 cm³/mol. The van der Waals surface area contributed by atoms with Crippen molar-refractivity contribution in [2.75, 3.05) is 6.54 Å². The molecule has 0 spiro atoms. The number of hydrogen-bond acceptors (Lipinski definition) is 3. The molecule has 0 aromatic carbocycles. The van der Waals surface area contributed by atoms with Crippen LogP contribution in [-0.2, 0) is 0 Å². The molecule has 0 bridgehead atoms. The van der Waals surface area contributed by atoms with E-state index in [9.17, 15) is 0 Å². The van der Waals surface area contributed by atoms with Crippen LogP contribution in [-0.4, -0.2) is 30.1 Å². The Hall–Kier alpha value is -0.740. The van der Waals surface area contributed by atoms with Crippen LogP contribution in [0.1, 0.15) is 6.92 Å². The molecule has 4 heteroatoms. The summed E-state index contributed by atoms with van der Waals surface area (Å²) in [5.41, 5.74) is 0. The van der Waals surface area contributed by atoms with Crippen molar-refractivity contribution < 1.29 is 10.1 Å². The first kappa shape index (κ1) is 7.26. The molecule has 0 radical (unpaired) electrons. The number of hydrogen-bond donors (Lipinski definition) is 1. The van der Waals surface area contributed by atoms with Gasteiger partial charge in [0.25, 0.3) is 0 Å². The van der Waals surface area contributed by atoms with Gasteiger partial charge in [-0.2, -0.15) is 5.21 Å². The predicted octanol–water partition coefficient (Wildman–Crippen LogP) is 0.443. The molecule has 0 unspecified atom stereocenters. The van der Waals surface area contributed by atoms with E-state index in [-0.39, 0.29) is 0 Å². The Balaban J connectivity index is 3.96. The Kier molecular flexibility index (Phi) is 2.30. The summed E-state index contributed by atoms with van der Waals surface area (Å²) >= 11 is 0. The van der Waals surface area contributed by atoms with Crippen LogP contribution < -0.4 is 0 Å². The standard InChI is InChI=1S/C4H10N3O/c1-4-7(8,5-2)6-3/h8H,2-4H2,1H3/q+1. The summed E-state index contributed by atoms with van der Waals surface area (Å²) in [5.74, 6) is 0. The third-order valence-corrected chi connectivity index (χ3v) is 0.877. The Labute approximate surface area is 48.3 Å². The maximum atomic E-state index is 8.92.